The fourth-order valence-corrected chi connectivity index (χ4v) is 5.30. The molecule has 0 aromatic heterocycles. The molecule has 0 spiro atoms. The van der Waals surface area contributed by atoms with Gasteiger partial charge in [-0.1, -0.05) is 30.3 Å². The van der Waals surface area contributed by atoms with E-state index < -0.39 is 0 Å². The van der Waals surface area contributed by atoms with Crippen LogP contribution in [0.5, 0.6) is 0 Å². The van der Waals surface area contributed by atoms with Gasteiger partial charge in [-0.05, 0) is 66.0 Å². The average Bonchev–Trinajstić information content (AvgIpc) is 2.92. The predicted octanol–water partition coefficient (Wildman–Crippen LogP) is 4.60. The van der Waals surface area contributed by atoms with Crippen LogP contribution in [-0.2, 0) is 11.3 Å². The van der Waals surface area contributed by atoms with Crippen molar-refractivity contribution in [3.8, 4) is 0 Å². The largest absolute Gasteiger partial charge is 0.379 e. The number of hydrogen-bond acceptors (Lipinski definition) is 6. The van der Waals surface area contributed by atoms with Gasteiger partial charge >= 0.3 is 0 Å². The van der Waals surface area contributed by atoms with Crippen LogP contribution in [-0.4, -0.2) is 67.6 Å². The number of para-hydroxylation sites is 1. The van der Waals surface area contributed by atoms with Crippen molar-refractivity contribution in [1.82, 2.24) is 9.21 Å². The van der Waals surface area contributed by atoms with E-state index in [-0.39, 0.29) is 5.91 Å². The van der Waals surface area contributed by atoms with Crippen molar-refractivity contribution in [1.29, 1.82) is 0 Å². The van der Waals surface area contributed by atoms with Gasteiger partial charge in [0.15, 0.2) is 0 Å². The summed E-state index contributed by atoms with van der Waals surface area (Å²) >= 11 is 1.74. The number of rotatable bonds is 7. The van der Waals surface area contributed by atoms with Crippen LogP contribution in [0.15, 0.2) is 83.8 Å². The second-order valence-electron chi connectivity index (χ2n) is 8.91. The summed E-state index contributed by atoms with van der Waals surface area (Å²) in [6, 6.07) is 26.6. The van der Waals surface area contributed by atoms with Gasteiger partial charge in [0.1, 0.15) is 0 Å². The van der Waals surface area contributed by atoms with Crippen LogP contribution >= 0.6 is 11.9 Å². The summed E-state index contributed by atoms with van der Waals surface area (Å²) in [5.41, 5.74) is 4.02. The summed E-state index contributed by atoms with van der Waals surface area (Å²) in [7, 11) is 0. The zero-order valence-corrected chi connectivity index (χ0v) is 20.8. The van der Waals surface area contributed by atoms with E-state index in [1.807, 2.05) is 24.3 Å². The number of benzene rings is 3. The molecule has 1 amide bonds. The average molecular weight is 489 g/mol. The first-order valence-corrected chi connectivity index (χ1v) is 13.0. The Bertz CT molecular complexity index is 1080. The summed E-state index contributed by atoms with van der Waals surface area (Å²) in [5.74, 6) is -0.0818. The minimum Gasteiger partial charge on any atom is -0.379 e. The maximum Gasteiger partial charge on any atom is 0.255 e. The fourth-order valence-electron chi connectivity index (χ4n) is 4.41. The molecule has 0 saturated carbocycles. The third-order valence-electron chi connectivity index (χ3n) is 6.43. The highest BCUT2D eigenvalue weighted by atomic mass is 32.2. The van der Waals surface area contributed by atoms with Gasteiger partial charge in [0, 0.05) is 67.6 Å². The van der Waals surface area contributed by atoms with Crippen molar-refractivity contribution < 1.29 is 9.53 Å². The van der Waals surface area contributed by atoms with E-state index in [1.165, 1.54) is 16.1 Å². The summed E-state index contributed by atoms with van der Waals surface area (Å²) < 4.78 is 7.71. The number of amides is 1. The molecule has 2 saturated heterocycles. The Balaban J connectivity index is 1.09. The molecule has 0 bridgehead atoms. The monoisotopic (exact) mass is 488 g/mol. The number of nitrogens with zero attached hydrogens (tertiary/aromatic N) is 3. The molecule has 6 nitrogen and oxygen atoms in total. The van der Waals surface area contributed by atoms with E-state index in [4.69, 9.17) is 4.74 Å². The number of hydrogen-bond donors (Lipinski definition) is 1. The van der Waals surface area contributed by atoms with Crippen molar-refractivity contribution in [2.75, 3.05) is 62.7 Å². The highest BCUT2D eigenvalue weighted by Gasteiger charge is 2.17. The van der Waals surface area contributed by atoms with Crippen molar-refractivity contribution in [2.45, 2.75) is 11.4 Å². The predicted molar refractivity (Wildman–Crippen MR) is 143 cm³/mol. The Morgan fingerprint density at radius 1 is 0.800 bits per heavy atom. The van der Waals surface area contributed by atoms with Crippen LogP contribution < -0.4 is 10.2 Å². The first-order chi connectivity index (χ1) is 17.2. The lowest BCUT2D eigenvalue weighted by atomic mass is 10.1. The number of carbonyl (C=O) groups excluding carboxylic acids is 1. The molecular weight excluding hydrogens is 456 g/mol. The highest BCUT2D eigenvalue weighted by Crippen LogP contribution is 2.25. The summed E-state index contributed by atoms with van der Waals surface area (Å²) in [5, 5.41) is 3.01. The Morgan fingerprint density at radius 2 is 1.49 bits per heavy atom. The molecule has 2 aliphatic rings. The fraction of sp³-hybridized carbons (Fsp3) is 0.321. The highest BCUT2D eigenvalue weighted by molar-refractivity contribution is 7.97. The molecule has 5 rings (SSSR count). The summed E-state index contributed by atoms with van der Waals surface area (Å²) in [4.78, 5) is 18.8. The van der Waals surface area contributed by atoms with E-state index in [2.05, 4.69) is 74.0 Å². The number of morpholine rings is 1. The van der Waals surface area contributed by atoms with Gasteiger partial charge in [0.2, 0.25) is 0 Å². The van der Waals surface area contributed by atoms with Gasteiger partial charge in [0.05, 0.1) is 13.2 Å². The lowest BCUT2D eigenvalue weighted by Crippen LogP contribution is -2.45. The van der Waals surface area contributed by atoms with E-state index in [1.54, 1.807) is 11.9 Å². The van der Waals surface area contributed by atoms with Gasteiger partial charge in [-0.2, -0.15) is 0 Å². The van der Waals surface area contributed by atoms with Crippen molar-refractivity contribution in [3.63, 3.8) is 0 Å². The minimum absolute atomic E-state index is 0.0818. The molecule has 0 unspecified atom stereocenters. The van der Waals surface area contributed by atoms with Crippen molar-refractivity contribution in [2.24, 2.45) is 0 Å². The van der Waals surface area contributed by atoms with E-state index >= 15 is 0 Å². The number of nitrogens with one attached hydrogen (secondary N) is 1. The van der Waals surface area contributed by atoms with Crippen LogP contribution in [0.3, 0.4) is 0 Å². The molecule has 3 aromatic rings. The Kier molecular flexibility index (Phi) is 8.00. The molecule has 1 N–H and O–H groups in total. The number of piperazine rings is 1. The maximum absolute atomic E-state index is 12.7. The van der Waals surface area contributed by atoms with E-state index in [0.29, 0.717) is 5.56 Å². The minimum atomic E-state index is -0.0818. The molecule has 0 aliphatic carbocycles. The van der Waals surface area contributed by atoms with Crippen molar-refractivity contribution >= 4 is 29.2 Å². The second-order valence-corrected chi connectivity index (χ2v) is 10.1. The molecular formula is C28H32N4O2S. The van der Waals surface area contributed by atoms with Crippen LogP contribution in [0, 0.1) is 0 Å². The smallest absolute Gasteiger partial charge is 0.255 e. The van der Waals surface area contributed by atoms with E-state index in [0.717, 1.165) is 64.7 Å². The second kappa shape index (κ2) is 11.7. The van der Waals surface area contributed by atoms with Gasteiger partial charge in [-0.25, -0.2) is 4.31 Å². The molecule has 35 heavy (non-hydrogen) atoms. The zero-order chi connectivity index (χ0) is 23.9. The van der Waals surface area contributed by atoms with Gasteiger partial charge in [-0.3, -0.25) is 9.69 Å². The Hall–Kier alpha value is -2.84. The number of ether oxygens (including phenoxy) is 1. The first-order valence-electron chi connectivity index (χ1n) is 12.3. The molecule has 2 heterocycles. The first kappa shape index (κ1) is 23.9. The van der Waals surface area contributed by atoms with Gasteiger partial charge in [0.25, 0.3) is 5.91 Å². The molecule has 0 atom stereocenters. The molecule has 0 radical (unpaired) electrons. The maximum atomic E-state index is 12.7. The number of carbonyl (C=O) groups is 1. The summed E-state index contributed by atoms with van der Waals surface area (Å²) in [6.45, 7) is 8.49. The summed E-state index contributed by atoms with van der Waals surface area (Å²) in [6.07, 6.45) is 0. The topological polar surface area (TPSA) is 48.1 Å². The normalized spacial score (nSPS) is 17.3. The Labute approximate surface area is 212 Å². The van der Waals surface area contributed by atoms with E-state index in [9.17, 15) is 4.79 Å². The molecule has 7 heteroatoms. The molecule has 182 valence electrons. The van der Waals surface area contributed by atoms with Crippen LogP contribution in [0.2, 0.25) is 0 Å². The van der Waals surface area contributed by atoms with Crippen LogP contribution in [0.25, 0.3) is 0 Å². The number of anilines is 2. The van der Waals surface area contributed by atoms with Gasteiger partial charge in [-0.15, -0.1) is 0 Å². The zero-order valence-electron chi connectivity index (χ0n) is 19.9. The Morgan fingerprint density at radius 3 is 2.17 bits per heavy atom. The standard InChI is InChI=1S/C28H32N4O2S/c33-28(29-25-10-12-27(13-11-25)35-32-18-20-34-21-19-32)24-8-6-23(7-9-24)22-30-14-16-31(17-15-30)26-4-2-1-3-5-26/h1-13H,14-22H2,(H,29,33). The van der Waals surface area contributed by atoms with Gasteiger partial charge < -0.3 is 15.0 Å². The van der Waals surface area contributed by atoms with Crippen LogP contribution in [0.1, 0.15) is 15.9 Å². The third kappa shape index (κ3) is 6.64. The van der Waals surface area contributed by atoms with Crippen LogP contribution in [0.4, 0.5) is 11.4 Å². The SMILES string of the molecule is O=C(Nc1ccc(SN2CCOCC2)cc1)c1ccc(CN2CCN(c3ccccc3)CC2)cc1. The van der Waals surface area contributed by atoms with Crippen molar-refractivity contribution in [3.05, 3.63) is 90.0 Å². The molecule has 2 fully saturated rings. The lowest BCUT2D eigenvalue weighted by molar-refractivity contribution is 0.0773. The quantitative estimate of drug-likeness (QED) is 0.491. The third-order valence-corrected chi connectivity index (χ3v) is 7.54. The lowest BCUT2D eigenvalue weighted by Gasteiger charge is -2.36. The molecule has 3 aromatic carbocycles. The molecule has 2 aliphatic heterocycles.